The summed E-state index contributed by atoms with van der Waals surface area (Å²) < 4.78 is 1.18. The Morgan fingerprint density at radius 3 is 3.00 bits per heavy atom. The fourth-order valence-electron chi connectivity index (χ4n) is 1.50. The molecular formula is C12H13ClN2OS. The Morgan fingerprint density at radius 2 is 2.29 bits per heavy atom. The molecule has 1 amide bonds. The van der Waals surface area contributed by atoms with Gasteiger partial charge in [0, 0.05) is 12.5 Å². The van der Waals surface area contributed by atoms with Gasteiger partial charge in [0.15, 0.2) is 0 Å². The maximum Gasteiger partial charge on any atom is 0.234 e. The summed E-state index contributed by atoms with van der Waals surface area (Å²) >= 11 is 7.09. The number of para-hydroxylation sites is 1. The zero-order valence-electron chi connectivity index (χ0n) is 9.44. The van der Waals surface area contributed by atoms with Crippen molar-refractivity contribution in [2.24, 2.45) is 0 Å². The highest BCUT2D eigenvalue weighted by atomic mass is 35.5. The summed E-state index contributed by atoms with van der Waals surface area (Å²) in [5, 5.41) is 3.81. The Balaban J connectivity index is 2.08. The molecule has 0 aliphatic carbocycles. The van der Waals surface area contributed by atoms with Crippen LogP contribution in [0.1, 0.15) is 17.8 Å². The van der Waals surface area contributed by atoms with Crippen molar-refractivity contribution in [2.75, 3.05) is 12.4 Å². The van der Waals surface area contributed by atoms with E-state index in [2.05, 4.69) is 16.4 Å². The molecule has 1 heterocycles. The molecule has 2 rings (SSSR count). The van der Waals surface area contributed by atoms with Crippen LogP contribution in [0.15, 0.2) is 24.3 Å². The first kappa shape index (κ1) is 12.3. The Hall–Kier alpha value is -1.13. The maximum absolute atomic E-state index is 11.1. The molecule has 1 aromatic carbocycles. The fraction of sp³-hybridized carbons (Fsp3) is 0.333. The zero-order valence-corrected chi connectivity index (χ0v) is 11.0. The summed E-state index contributed by atoms with van der Waals surface area (Å²) in [4.78, 5) is 15.6. The fourth-order valence-corrected chi connectivity index (χ4v) is 2.62. The molecule has 0 radical (unpaired) electrons. The molecule has 0 spiro atoms. The molecule has 0 bridgehead atoms. The Kier molecular flexibility index (Phi) is 3.97. The molecule has 0 saturated heterocycles. The third-order valence-electron chi connectivity index (χ3n) is 2.46. The van der Waals surface area contributed by atoms with Crippen LogP contribution in [0.2, 0.25) is 0 Å². The quantitative estimate of drug-likeness (QED) is 0.867. The first-order chi connectivity index (χ1) is 8.20. The molecular weight excluding hydrogens is 256 g/mol. The lowest BCUT2D eigenvalue weighted by atomic mass is 10.2. The van der Waals surface area contributed by atoms with Gasteiger partial charge in [-0.05, 0) is 12.1 Å². The number of rotatable bonds is 4. The predicted octanol–water partition coefficient (Wildman–Crippen LogP) is 2.75. The van der Waals surface area contributed by atoms with Crippen molar-refractivity contribution in [1.29, 1.82) is 0 Å². The van der Waals surface area contributed by atoms with Crippen LogP contribution in [-0.2, 0) is 4.79 Å². The molecule has 1 N–H and O–H groups in total. The summed E-state index contributed by atoms with van der Waals surface area (Å²) in [7, 11) is 0. The van der Waals surface area contributed by atoms with Crippen molar-refractivity contribution in [3.05, 3.63) is 29.3 Å². The monoisotopic (exact) mass is 268 g/mol. The topological polar surface area (TPSA) is 42.0 Å². The van der Waals surface area contributed by atoms with Gasteiger partial charge in [-0.3, -0.25) is 4.79 Å². The van der Waals surface area contributed by atoms with Crippen molar-refractivity contribution in [2.45, 2.75) is 12.8 Å². The van der Waals surface area contributed by atoms with Crippen molar-refractivity contribution in [3.63, 3.8) is 0 Å². The van der Waals surface area contributed by atoms with E-state index in [9.17, 15) is 4.79 Å². The van der Waals surface area contributed by atoms with Crippen LogP contribution in [0.4, 0.5) is 0 Å². The second-order valence-corrected chi connectivity index (χ2v) is 5.19. The summed E-state index contributed by atoms with van der Waals surface area (Å²) in [6.07, 6.45) is 0. The van der Waals surface area contributed by atoms with E-state index in [1.165, 1.54) is 4.70 Å². The molecule has 5 heteroatoms. The van der Waals surface area contributed by atoms with E-state index in [1.807, 2.05) is 25.1 Å². The van der Waals surface area contributed by atoms with Crippen LogP contribution in [0, 0.1) is 0 Å². The summed E-state index contributed by atoms with van der Waals surface area (Å²) in [6.45, 7) is 2.62. The summed E-state index contributed by atoms with van der Waals surface area (Å²) in [5.41, 5.74) is 1.02. The van der Waals surface area contributed by atoms with Crippen LogP contribution >= 0.6 is 22.9 Å². The molecule has 90 valence electrons. The minimum absolute atomic E-state index is 0.00651. The average molecular weight is 269 g/mol. The van der Waals surface area contributed by atoms with Gasteiger partial charge >= 0.3 is 0 Å². The SMILES string of the molecule is CC(CNC(=O)CCl)c1nc2ccccc2s1. The smallest absolute Gasteiger partial charge is 0.234 e. The van der Waals surface area contributed by atoms with E-state index in [4.69, 9.17) is 11.6 Å². The molecule has 0 saturated carbocycles. The van der Waals surface area contributed by atoms with E-state index in [-0.39, 0.29) is 17.7 Å². The minimum Gasteiger partial charge on any atom is -0.354 e. The number of carbonyl (C=O) groups is 1. The van der Waals surface area contributed by atoms with Crippen LogP contribution in [0.5, 0.6) is 0 Å². The van der Waals surface area contributed by atoms with Gasteiger partial charge in [-0.1, -0.05) is 19.1 Å². The first-order valence-corrected chi connectivity index (χ1v) is 6.74. The highest BCUT2D eigenvalue weighted by Crippen LogP contribution is 2.26. The second kappa shape index (κ2) is 5.47. The first-order valence-electron chi connectivity index (χ1n) is 5.39. The van der Waals surface area contributed by atoms with Crippen molar-refractivity contribution in [1.82, 2.24) is 10.3 Å². The Morgan fingerprint density at radius 1 is 1.53 bits per heavy atom. The number of nitrogens with one attached hydrogen (secondary N) is 1. The van der Waals surface area contributed by atoms with Gasteiger partial charge in [0.2, 0.25) is 5.91 Å². The molecule has 1 unspecified atom stereocenters. The number of thiazole rings is 1. The van der Waals surface area contributed by atoms with Crippen molar-refractivity contribution < 1.29 is 4.79 Å². The Labute approximate surface area is 109 Å². The van der Waals surface area contributed by atoms with E-state index in [0.717, 1.165) is 10.5 Å². The van der Waals surface area contributed by atoms with E-state index >= 15 is 0 Å². The molecule has 2 aromatic rings. The molecule has 17 heavy (non-hydrogen) atoms. The molecule has 0 fully saturated rings. The third kappa shape index (κ3) is 2.96. The van der Waals surface area contributed by atoms with E-state index in [1.54, 1.807) is 11.3 Å². The van der Waals surface area contributed by atoms with Crippen LogP contribution in [0.25, 0.3) is 10.2 Å². The van der Waals surface area contributed by atoms with Crippen LogP contribution in [0.3, 0.4) is 0 Å². The lowest BCUT2D eigenvalue weighted by Crippen LogP contribution is -2.28. The summed E-state index contributed by atoms with van der Waals surface area (Å²) in [5.74, 6) is 0.0752. The zero-order chi connectivity index (χ0) is 12.3. The number of hydrogen-bond acceptors (Lipinski definition) is 3. The number of carbonyl (C=O) groups excluding carboxylic acids is 1. The highest BCUT2D eigenvalue weighted by molar-refractivity contribution is 7.18. The molecule has 0 aliphatic rings. The number of amides is 1. The van der Waals surface area contributed by atoms with E-state index < -0.39 is 0 Å². The number of alkyl halides is 1. The number of nitrogens with zero attached hydrogens (tertiary/aromatic N) is 1. The van der Waals surface area contributed by atoms with Gasteiger partial charge in [-0.2, -0.15) is 0 Å². The van der Waals surface area contributed by atoms with Gasteiger partial charge in [0.25, 0.3) is 0 Å². The number of benzene rings is 1. The molecule has 1 atom stereocenters. The second-order valence-electron chi connectivity index (χ2n) is 3.86. The van der Waals surface area contributed by atoms with Crippen molar-refractivity contribution in [3.8, 4) is 0 Å². The highest BCUT2D eigenvalue weighted by Gasteiger charge is 2.12. The third-order valence-corrected chi connectivity index (χ3v) is 3.97. The maximum atomic E-state index is 11.1. The predicted molar refractivity (Wildman–Crippen MR) is 71.8 cm³/mol. The Bertz CT molecular complexity index is 493. The normalized spacial score (nSPS) is 12.6. The minimum atomic E-state index is -0.139. The standard InChI is InChI=1S/C12H13ClN2OS/c1-8(7-14-11(16)6-13)12-15-9-4-2-3-5-10(9)17-12/h2-5,8H,6-7H2,1H3,(H,14,16). The van der Waals surface area contributed by atoms with Gasteiger partial charge < -0.3 is 5.32 Å². The van der Waals surface area contributed by atoms with Gasteiger partial charge in [0.1, 0.15) is 5.88 Å². The van der Waals surface area contributed by atoms with Crippen LogP contribution in [-0.4, -0.2) is 23.3 Å². The number of fused-ring (bicyclic) bond motifs is 1. The van der Waals surface area contributed by atoms with Gasteiger partial charge in [-0.25, -0.2) is 4.98 Å². The summed E-state index contributed by atoms with van der Waals surface area (Å²) in [6, 6.07) is 8.04. The number of aromatic nitrogens is 1. The van der Waals surface area contributed by atoms with Crippen molar-refractivity contribution >= 4 is 39.1 Å². The van der Waals surface area contributed by atoms with Gasteiger partial charge in [-0.15, -0.1) is 22.9 Å². The average Bonchev–Trinajstić information content (AvgIpc) is 2.79. The molecule has 0 aliphatic heterocycles. The lowest BCUT2D eigenvalue weighted by Gasteiger charge is -2.08. The number of hydrogen-bond donors (Lipinski definition) is 1. The van der Waals surface area contributed by atoms with Gasteiger partial charge in [0.05, 0.1) is 15.2 Å². The molecule has 3 nitrogen and oxygen atoms in total. The van der Waals surface area contributed by atoms with E-state index in [0.29, 0.717) is 6.54 Å². The lowest BCUT2D eigenvalue weighted by molar-refractivity contribution is -0.118. The largest absolute Gasteiger partial charge is 0.354 e. The molecule has 1 aromatic heterocycles. The number of halogens is 1. The van der Waals surface area contributed by atoms with Crippen LogP contribution < -0.4 is 5.32 Å².